The van der Waals surface area contributed by atoms with Gasteiger partial charge in [0.15, 0.2) is 9.84 Å². The van der Waals surface area contributed by atoms with Gasteiger partial charge in [-0.2, -0.15) is 0 Å². The van der Waals surface area contributed by atoms with Gasteiger partial charge in [0, 0.05) is 6.92 Å². The molecule has 27 heavy (non-hydrogen) atoms. The molecule has 2 amide bonds. The van der Waals surface area contributed by atoms with Crippen molar-refractivity contribution >= 4 is 21.8 Å². The fourth-order valence-electron chi connectivity index (χ4n) is 3.34. The Morgan fingerprint density at radius 1 is 1.07 bits per heavy atom. The summed E-state index contributed by atoms with van der Waals surface area (Å²) >= 11 is 0. The highest BCUT2D eigenvalue weighted by atomic mass is 32.2. The first-order valence-electron chi connectivity index (χ1n) is 9.06. The summed E-state index contributed by atoms with van der Waals surface area (Å²) < 4.78 is 31.6. The molecule has 1 aromatic rings. The summed E-state index contributed by atoms with van der Waals surface area (Å²) in [4.78, 5) is 24.1. The van der Waals surface area contributed by atoms with Crippen LogP contribution in [-0.2, 0) is 19.4 Å². The maximum Gasteiger partial charge on any atom is 0.407 e. The van der Waals surface area contributed by atoms with Gasteiger partial charge in [-0.15, -0.1) is 0 Å². The van der Waals surface area contributed by atoms with Gasteiger partial charge in [-0.3, -0.25) is 4.79 Å². The van der Waals surface area contributed by atoms with Crippen LogP contribution in [0.5, 0.6) is 0 Å². The number of ether oxygens (including phenoxy) is 1. The van der Waals surface area contributed by atoms with Crippen LogP contribution < -0.4 is 10.6 Å². The lowest BCUT2D eigenvalue weighted by Gasteiger charge is -2.38. The molecule has 1 aliphatic rings. The first-order valence-corrected chi connectivity index (χ1v) is 10.6. The van der Waals surface area contributed by atoms with Crippen molar-refractivity contribution in [2.45, 2.75) is 74.8 Å². The molecule has 2 rings (SSSR count). The standard InChI is InChI=1S/C19H28N2O5S/c1-13(22)20-17-15(21-18(23)26-19(2,3)4)11-8-12-16(17)27(24,25)14-9-6-5-7-10-14/h5-7,9-10,15-17H,8,11-12H2,1-4H3,(H,20,22)(H,21,23)/t15-,16?,17-/m0/s1. The van der Waals surface area contributed by atoms with Crippen LogP contribution in [0, 0.1) is 0 Å². The average Bonchev–Trinajstić information content (AvgIpc) is 2.55. The lowest BCUT2D eigenvalue weighted by atomic mass is 9.89. The predicted octanol–water partition coefficient (Wildman–Crippen LogP) is 2.41. The summed E-state index contributed by atoms with van der Waals surface area (Å²) in [6, 6.07) is 6.92. The Kier molecular flexibility index (Phi) is 6.51. The van der Waals surface area contributed by atoms with Gasteiger partial charge in [0.25, 0.3) is 0 Å². The largest absolute Gasteiger partial charge is 0.444 e. The number of carbonyl (C=O) groups is 2. The van der Waals surface area contributed by atoms with Crippen LogP contribution in [0.15, 0.2) is 35.2 Å². The van der Waals surface area contributed by atoms with Crippen LogP contribution in [0.1, 0.15) is 47.0 Å². The fraction of sp³-hybridized carbons (Fsp3) is 0.579. The number of alkyl carbamates (subject to hydrolysis) is 1. The highest BCUT2D eigenvalue weighted by Gasteiger charge is 2.43. The number of sulfone groups is 1. The summed E-state index contributed by atoms with van der Waals surface area (Å²) in [5.74, 6) is -0.342. The van der Waals surface area contributed by atoms with Crippen LogP contribution in [-0.4, -0.2) is 43.4 Å². The molecular formula is C19H28N2O5S. The summed E-state index contributed by atoms with van der Waals surface area (Å²) in [6.45, 7) is 6.59. The molecule has 2 N–H and O–H groups in total. The number of amides is 2. The minimum Gasteiger partial charge on any atom is -0.444 e. The summed E-state index contributed by atoms with van der Waals surface area (Å²) in [5.41, 5.74) is -0.669. The van der Waals surface area contributed by atoms with E-state index in [1.54, 1.807) is 51.1 Å². The molecule has 0 radical (unpaired) electrons. The normalized spacial score (nSPS) is 23.3. The van der Waals surface area contributed by atoms with Gasteiger partial charge in [-0.25, -0.2) is 13.2 Å². The van der Waals surface area contributed by atoms with Gasteiger partial charge >= 0.3 is 6.09 Å². The molecule has 1 aromatic carbocycles. The average molecular weight is 397 g/mol. The first kappa shape index (κ1) is 21.2. The Bertz CT molecular complexity index is 771. The second kappa shape index (κ2) is 8.29. The van der Waals surface area contributed by atoms with Gasteiger partial charge in [0.2, 0.25) is 5.91 Å². The van der Waals surface area contributed by atoms with Crippen molar-refractivity contribution < 1.29 is 22.7 Å². The molecule has 3 atom stereocenters. The first-order chi connectivity index (χ1) is 12.5. The monoisotopic (exact) mass is 396 g/mol. The molecule has 150 valence electrons. The van der Waals surface area contributed by atoms with Crippen molar-refractivity contribution in [3.05, 3.63) is 30.3 Å². The van der Waals surface area contributed by atoms with E-state index in [2.05, 4.69) is 10.6 Å². The third kappa shape index (κ3) is 5.69. The van der Waals surface area contributed by atoms with E-state index >= 15 is 0 Å². The second-order valence-electron chi connectivity index (χ2n) is 7.81. The zero-order valence-electron chi connectivity index (χ0n) is 16.2. The Labute approximate surface area is 160 Å². The highest BCUT2D eigenvalue weighted by molar-refractivity contribution is 7.92. The minimum atomic E-state index is -3.67. The molecule has 0 aromatic heterocycles. The second-order valence-corrected chi connectivity index (χ2v) is 9.97. The molecule has 7 nitrogen and oxygen atoms in total. The van der Waals surface area contributed by atoms with E-state index in [1.165, 1.54) is 6.92 Å². The Hall–Kier alpha value is -2.09. The van der Waals surface area contributed by atoms with Gasteiger partial charge in [0.1, 0.15) is 5.60 Å². The molecule has 0 saturated heterocycles. The van der Waals surface area contributed by atoms with Crippen molar-refractivity contribution in [2.75, 3.05) is 0 Å². The van der Waals surface area contributed by atoms with Crippen molar-refractivity contribution in [3.8, 4) is 0 Å². The third-order valence-electron chi connectivity index (χ3n) is 4.38. The molecule has 0 aliphatic heterocycles. The van der Waals surface area contributed by atoms with Gasteiger partial charge < -0.3 is 15.4 Å². The zero-order valence-corrected chi connectivity index (χ0v) is 17.0. The Balaban J connectivity index is 2.29. The Morgan fingerprint density at radius 3 is 2.26 bits per heavy atom. The van der Waals surface area contributed by atoms with Crippen LogP contribution in [0.2, 0.25) is 0 Å². The quantitative estimate of drug-likeness (QED) is 0.814. The van der Waals surface area contributed by atoms with Crippen molar-refractivity contribution in [1.29, 1.82) is 0 Å². The number of hydrogen-bond donors (Lipinski definition) is 2. The molecule has 0 heterocycles. The molecule has 1 aliphatic carbocycles. The molecule has 8 heteroatoms. The van der Waals surface area contributed by atoms with E-state index in [1.807, 2.05) is 0 Å². The van der Waals surface area contributed by atoms with Gasteiger partial charge in [-0.05, 0) is 52.2 Å². The highest BCUT2D eigenvalue weighted by Crippen LogP contribution is 2.29. The topological polar surface area (TPSA) is 102 Å². The lowest BCUT2D eigenvalue weighted by Crippen LogP contribution is -2.60. The van der Waals surface area contributed by atoms with E-state index in [4.69, 9.17) is 4.74 Å². The SMILES string of the molecule is CC(=O)N[C@@H]1C(S(=O)(=O)c2ccccc2)CCC[C@@H]1NC(=O)OC(C)(C)C. The van der Waals surface area contributed by atoms with Gasteiger partial charge in [0.05, 0.1) is 22.2 Å². The maximum absolute atomic E-state index is 13.1. The van der Waals surface area contributed by atoms with Crippen molar-refractivity contribution in [2.24, 2.45) is 0 Å². The smallest absolute Gasteiger partial charge is 0.407 e. The van der Waals surface area contributed by atoms with E-state index in [9.17, 15) is 18.0 Å². The molecule has 1 unspecified atom stereocenters. The number of rotatable bonds is 4. The van der Waals surface area contributed by atoms with Crippen LogP contribution in [0.4, 0.5) is 4.79 Å². The van der Waals surface area contributed by atoms with Crippen molar-refractivity contribution in [3.63, 3.8) is 0 Å². The fourth-order valence-corrected chi connectivity index (χ4v) is 5.35. The molecule has 0 spiro atoms. The molecule has 1 saturated carbocycles. The number of benzene rings is 1. The maximum atomic E-state index is 13.1. The number of carbonyl (C=O) groups excluding carboxylic acids is 2. The minimum absolute atomic E-state index is 0.211. The summed E-state index contributed by atoms with van der Waals surface area (Å²) in [7, 11) is -3.67. The van der Waals surface area contributed by atoms with Crippen LogP contribution in [0.25, 0.3) is 0 Å². The Morgan fingerprint density at radius 2 is 1.70 bits per heavy atom. The predicted molar refractivity (Wildman–Crippen MR) is 102 cm³/mol. The molecule has 1 fully saturated rings. The van der Waals surface area contributed by atoms with E-state index in [-0.39, 0.29) is 10.8 Å². The zero-order chi connectivity index (χ0) is 20.2. The molecular weight excluding hydrogens is 368 g/mol. The molecule has 0 bridgehead atoms. The summed E-state index contributed by atoms with van der Waals surface area (Å²) in [5, 5.41) is 4.66. The van der Waals surface area contributed by atoms with Crippen molar-refractivity contribution in [1.82, 2.24) is 10.6 Å². The lowest BCUT2D eigenvalue weighted by molar-refractivity contribution is -0.120. The summed E-state index contributed by atoms with van der Waals surface area (Å²) in [6.07, 6.45) is 0.966. The van der Waals surface area contributed by atoms with E-state index in [0.29, 0.717) is 19.3 Å². The van der Waals surface area contributed by atoms with Crippen LogP contribution >= 0.6 is 0 Å². The number of hydrogen-bond acceptors (Lipinski definition) is 5. The van der Waals surface area contributed by atoms with Gasteiger partial charge in [-0.1, -0.05) is 18.2 Å². The van der Waals surface area contributed by atoms with E-state index < -0.39 is 38.9 Å². The van der Waals surface area contributed by atoms with E-state index in [0.717, 1.165) is 0 Å². The van der Waals surface area contributed by atoms with Crippen LogP contribution in [0.3, 0.4) is 0 Å². The third-order valence-corrected chi connectivity index (χ3v) is 6.64. The number of nitrogens with one attached hydrogen (secondary N) is 2.